The normalized spacial score (nSPS) is 17.8. The molecule has 0 saturated carbocycles. The third-order valence-corrected chi connectivity index (χ3v) is 2.14. The van der Waals surface area contributed by atoms with Crippen molar-refractivity contribution in [2.75, 3.05) is 0 Å². The first-order valence-corrected chi connectivity index (χ1v) is 4.41. The minimum Gasteiger partial charge on any atom is -0.478 e. The maximum absolute atomic E-state index is 10.6. The van der Waals surface area contributed by atoms with Crippen molar-refractivity contribution in [3.8, 4) is 0 Å². The van der Waals surface area contributed by atoms with Gasteiger partial charge >= 0.3 is 5.97 Å². The Labute approximate surface area is 82.0 Å². The highest BCUT2D eigenvalue weighted by Gasteiger charge is 2.11. The van der Waals surface area contributed by atoms with Gasteiger partial charge in [0.05, 0.1) is 5.57 Å². The standard InChI is InChI=1S/C9H11NO2S/c10-8(5-13)6-2-1-3-7(4-6)9(11)12/h3-5,13H,1-2,10H2,(H,11,12)/b8-5-. The topological polar surface area (TPSA) is 63.3 Å². The lowest BCUT2D eigenvalue weighted by Crippen LogP contribution is -2.07. The van der Waals surface area contributed by atoms with Crippen LogP contribution in [0.5, 0.6) is 0 Å². The van der Waals surface area contributed by atoms with Gasteiger partial charge in [0.15, 0.2) is 0 Å². The SMILES string of the molecule is N/C(=C\S)C1=CC(C(=O)O)=CCC1. The molecule has 0 heterocycles. The van der Waals surface area contributed by atoms with Crippen LogP contribution >= 0.6 is 12.6 Å². The second-order valence-electron chi connectivity index (χ2n) is 2.76. The van der Waals surface area contributed by atoms with Crippen LogP contribution in [0.3, 0.4) is 0 Å². The van der Waals surface area contributed by atoms with Crippen molar-refractivity contribution in [1.82, 2.24) is 0 Å². The summed E-state index contributed by atoms with van der Waals surface area (Å²) in [5.41, 5.74) is 7.29. The van der Waals surface area contributed by atoms with Gasteiger partial charge in [0.2, 0.25) is 0 Å². The van der Waals surface area contributed by atoms with E-state index in [1.165, 1.54) is 5.41 Å². The summed E-state index contributed by atoms with van der Waals surface area (Å²) in [7, 11) is 0. The summed E-state index contributed by atoms with van der Waals surface area (Å²) < 4.78 is 0. The maximum Gasteiger partial charge on any atom is 0.335 e. The second-order valence-corrected chi connectivity index (χ2v) is 3.02. The summed E-state index contributed by atoms with van der Waals surface area (Å²) in [6.07, 6.45) is 4.78. The molecule has 0 aromatic carbocycles. The van der Waals surface area contributed by atoms with Gasteiger partial charge in [0.25, 0.3) is 0 Å². The van der Waals surface area contributed by atoms with Gasteiger partial charge in [-0.05, 0) is 29.9 Å². The number of allylic oxidation sites excluding steroid dienone is 2. The Bertz CT molecular complexity index is 316. The first kappa shape index (κ1) is 9.92. The molecule has 0 radical (unpaired) electrons. The van der Waals surface area contributed by atoms with Crippen molar-refractivity contribution < 1.29 is 9.90 Å². The number of aliphatic carboxylic acids is 1. The van der Waals surface area contributed by atoms with Gasteiger partial charge in [-0.3, -0.25) is 0 Å². The van der Waals surface area contributed by atoms with Gasteiger partial charge in [0, 0.05) is 5.70 Å². The van der Waals surface area contributed by atoms with Gasteiger partial charge in [-0.25, -0.2) is 4.79 Å². The minimum absolute atomic E-state index is 0.305. The van der Waals surface area contributed by atoms with Crippen molar-refractivity contribution in [3.05, 3.63) is 34.4 Å². The largest absolute Gasteiger partial charge is 0.478 e. The van der Waals surface area contributed by atoms with Crippen LogP contribution in [0.1, 0.15) is 12.8 Å². The molecule has 1 aliphatic rings. The maximum atomic E-state index is 10.6. The van der Waals surface area contributed by atoms with Crippen LogP contribution < -0.4 is 5.73 Å². The molecule has 0 aromatic rings. The van der Waals surface area contributed by atoms with Crippen molar-refractivity contribution >= 4 is 18.6 Å². The highest BCUT2D eigenvalue weighted by atomic mass is 32.1. The highest BCUT2D eigenvalue weighted by molar-refractivity contribution is 7.83. The number of rotatable bonds is 2. The van der Waals surface area contributed by atoms with E-state index in [1.807, 2.05) is 0 Å². The summed E-state index contributed by atoms with van der Waals surface area (Å²) in [6.45, 7) is 0. The molecule has 0 bridgehead atoms. The number of nitrogens with two attached hydrogens (primary N) is 1. The summed E-state index contributed by atoms with van der Waals surface area (Å²) in [5.74, 6) is -0.913. The molecule has 0 unspecified atom stereocenters. The van der Waals surface area contributed by atoms with E-state index < -0.39 is 5.97 Å². The lowest BCUT2D eigenvalue weighted by molar-refractivity contribution is -0.132. The average molecular weight is 197 g/mol. The van der Waals surface area contributed by atoms with Crippen LogP contribution in [0.2, 0.25) is 0 Å². The Morgan fingerprint density at radius 3 is 2.92 bits per heavy atom. The molecule has 0 atom stereocenters. The average Bonchev–Trinajstić information content (AvgIpc) is 2.17. The van der Waals surface area contributed by atoms with Crippen LogP contribution in [-0.2, 0) is 4.79 Å². The van der Waals surface area contributed by atoms with E-state index in [2.05, 4.69) is 12.6 Å². The molecule has 13 heavy (non-hydrogen) atoms. The fourth-order valence-electron chi connectivity index (χ4n) is 1.16. The molecule has 0 spiro atoms. The van der Waals surface area contributed by atoms with Gasteiger partial charge in [0.1, 0.15) is 0 Å². The third kappa shape index (κ3) is 2.39. The predicted octanol–water partition coefficient (Wildman–Crippen LogP) is 1.45. The van der Waals surface area contributed by atoms with Crippen LogP contribution in [0.15, 0.2) is 34.4 Å². The van der Waals surface area contributed by atoms with E-state index in [4.69, 9.17) is 10.8 Å². The van der Waals surface area contributed by atoms with Crippen molar-refractivity contribution in [2.24, 2.45) is 5.73 Å². The van der Waals surface area contributed by atoms with E-state index in [0.29, 0.717) is 11.3 Å². The number of carboxylic acids is 1. The monoisotopic (exact) mass is 197 g/mol. The lowest BCUT2D eigenvalue weighted by atomic mass is 9.98. The number of hydrogen-bond donors (Lipinski definition) is 3. The number of thiol groups is 1. The van der Waals surface area contributed by atoms with E-state index in [1.54, 1.807) is 12.2 Å². The number of carboxylic acid groups (broad SMARTS) is 1. The van der Waals surface area contributed by atoms with Gasteiger partial charge in [-0.15, -0.1) is 12.6 Å². The zero-order valence-corrected chi connectivity index (χ0v) is 7.92. The summed E-state index contributed by atoms with van der Waals surface area (Å²) in [4.78, 5) is 10.6. The Balaban J connectivity index is 2.91. The zero-order chi connectivity index (χ0) is 9.84. The Kier molecular flexibility index (Phi) is 3.19. The van der Waals surface area contributed by atoms with E-state index >= 15 is 0 Å². The van der Waals surface area contributed by atoms with Crippen LogP contribution in [0, 0.1) is 0 Å². The molecule has 3 nitrogen and oxygen atoms in total. The molecule has 1 rings (SSSR count). The predicted molar refractivity (Wildman–Crippen MR) is 54.3 cm³/mol. The molecular formula is C9H11NO2S. The molecule has 1 aliphatic carbocycles. The molecule has 0 amide bonds. The summed E-state index contributed by atoms with van der Waals surface area (Å²) >= 11 is 3.91. The van der Waals surface area contributed by atoms with E-state index in [9.17, 15) is 4.79 Å². The van der Waals surface area contributed by atoms with E-state index in [-0.39, 0.29) is 0 Å². The van der Waals surface area contributed by atoms with Crippen molar-refractivity contribution in [1.29, 1.82) is 0 Å². The highest BCUT2D eigenvalue weighted by Crippen LogP contribution is 2.21. The Morgan fingerprint density at radius 2 is 2.38 bits per heavy atom. The fourth-order valence-corrected chi connectivity index (χ4v) is 1.33. The van der Waals surface area contributed by atoms with Crippen molar-refractivity contribution in [3.63, 3.8) is 0 Å². The summed E-state index contributed by atoms with van der Waals surface area (Å²) in [5, 5.41) is 10.2. The Hall–Kier alpha value is -1.16. The number of carbonyl (C=O) groups is 1. The Morgan fingerprint density at radius 1 is 1.69 bits per heavy atom. The van der Waals surface area contributed by atoms with E-state index in [0.717, 1.165) is 18.4 Å². The minimum atomic E-state index is -0.913. The lowest BCUT2D eigenvalue weighted by Gasteiger charge is -2.11. The molecule has 70 valence electrons. The molecule has 3 N–H and O–H groups in total. The zero-order valence-electron chi connectivity index (χ0n) is 7.03. The molecule has 0 saturated heterocycles. The van der Waals surface area contributed by atoms with Crippen LogP contribution in [-0.4, -0.2) is 11.1 Å². The molecule has 0 aromatic heterocycles. The smallest absolute Gasteiger partial charge is 0.335 e. The first-order valence-electron chi connectivity index (χ1n) is 3.89. The van der Waals surface area contributed by atoms with Gasteiger partial charge in [-0.2, -0.15) is 0 Å². The first-order chi connectivity index (χ1) is 6.15. The third-order valence-electron chi connectivity index (χ3n) is 1.86. The quantitative estimate of drug-likeness (QED) is 0.587. The summed E-state index contributed by atoms with van der Waals surface area (Å²) in [6, 6.07) is 0. The molecule has 0 aliphatic heterocycles. The van der Waals surface area contributed by atoms with Crippen molar-refractivity contribution in [2.45, 2.75) is 12.8 Å². The van der Waals surface area contributed by atoms with Gasteiger partial charge < -0.3 is 10.8 Å². The van der Waals surface area contributed by atoms with Crippen LogP contribution in [0.25, 0.3) is 0 Å². The molecule has 4 heteroatoms. The molecular weight excluding hydrogens is 186 g/mol. The van der Waals surface area contributed by atoms with Crippen LogP contribution in [0.4, 0.5) is 0 Å². The fraction of sp³-hybridized carbons (Fsp3) is 0.222. The van der Waals surface area contributed by atoms with Gasteiger partial charge in [-0.1, -0.05) is 6.08 Å². The number of hydrogen-bond acceptors (Lipinski definition) is 3. The molecule has 0 fully saturated rings. The second kappa shape index (κ2) is 4.18.